The van der Waals surface area contributed by atoms with Crippen molar-refractivity contribution >= 4 is 41.4 Å². The summed E-state index contributed by atoms with van der Waals surface area (Å²) in [5.74, 6) is -3.77. The number of likely N-dealkylation sites (tertiary alicyclic amines) is 1. The number of carboxylic acid groups (broad SMARTS) is 1. The number of benzene rings is 1. The molecule has 47 heavy (non-hydrogen) atoms. The zero-order valence-electron chi connectivity index (χ0n) is 28.0. The van der Waals surface area contributed by atoms with Crippen molar-refractivity contribution in [1.82, 2.24) is 31.5 Å². The van der Waals surface area contributed by atoms with Crippen molar-refractivity contribution in [3.05, 3.63) is 35.9 Å². The van der Waals surface area contributed by atoms with Crippen LogP contribution in [0.3, 0.4) is 0 Å². The minimum absolute atomic E-state index is 0.00512. The number of unbranched alkanes of at least 4 members (excludes halogenated alkanes) is 1. The molecule has 6 amide bonds. The first-order valence-corrected chi connectivity index (χ1v) is 16.1. The molecule has 1 saturated heterocycles. The van der Waals surface area contributed by atoms with Crippen LogP contribution < -0.4 is 26.6 Å². The van der Waals surface area contributed by atoms with Gasteiger partial charge in [0.2, 0.25) is 35.4 Å². The standard InChI is InChI=1S/C33H50N6O8/c1-21(2)19-27(37-30(44)28(35-23(4)41)20-25-11-7-6-8-12-25)29(43)36-26(13-9-10-16-34-22(3)40)31(45)39-17-14-33(15-18-39,32(46)47)38-24(5)42/h6-8,11-12,21,26-28H,9-10,13-20H2,1-5H3,(H,34,40)(H,35,41)(H,36,43)(H,37,44)(H,38,42)(H,46,47)/t26-,27-,28-/m1/s1. The highest BCUT2D eigenvalue weighted by molar-refractivity contribution is 5.94. The zero-order valence-corrected chi connectivity index (χ0v) is 28.0. The minimum Gasteiger partial charge on any atom is -0.480 e. The molecule has 0 radical (unpaired) electrons. The zero-order chi connectivity index (χ0) is 35.1. The third-order valence-electron chi connectivity index (χ3n) is 7.98. The molecule has 1 aliphatic rings. The summed E-state index contributed by atoms with van der Waals surface area (Å²) in [7, 11) is 0. The maximum Gasteiger partial charge on any atom is 0.329 e. The van der Waals surface area contributed by atoms with Crippen LogP contribution in [0.4, 0.5) is 0 Å². The molecule has 0 aromatic heterocycles. The second kappa shape index (κ2) is 18.6. The Morgan fingerprint density at radius 1 is 0.787 bits per heavy atom. The third kappa shape index (κ3) is 13.0. The molecule has 2 rings (SSSR count). The van der Waals surface area contributed by atoms with E-state index < -0.39 is 59.2 Å². The van der Waals surface area contributed by atoms with Crippen molar-refractivity contribution in [2.75, 3.05) is 19.6 Å². The number of aliphatic carboxylic acids is 1. The number of hydrogen-bond donors (Lipinski definition) is 6. The maximum atomic E-state index is 13.8. The second-order valence-corrected chi connectivity index (χ2v) is 12.6. The molecule has 1 heterocycles. The number of carbonyl (C=O) groups is 7. The number of rotatable bonds is 17. The Bertz CT molecular complexity index is 1260. The summed E-state index contributed by atoms with van der Waals surface area (Å²) in [4.78, 5) is 89.4. The molecule has 1 aromatic carbocycles. The van der Waals surface area contributed by atoms with Crippen molar-refractivity contribution < 1.29 is 38.7 Å². The van der Waals surface area contributed by atoms with E-state index in [-0.39, 0.29) is 57.0 Å². The molecule has 1 aliphatic heterocycles. The molecular formula is C33H50N6O8. The highest BCUT2D eigenvalue weighted by Crippen LogP contribution is 2.24. The smallest absolute Gasteiger partial charge is 0.329 e. The van der Waals surface area contributed by atoms with Crippen LogP contribution in [0.2, 0.25) is 0 Å². The van der Waals surface area contributed by atoms with Gasteiger partial charge in [0.25, 0.3) is 0 Å². The third-order valence-corrected chi connectivity index (χ3v) is 7.98. The van der Waals surface area contributed by atoms with Crippen molar-refractivity contribution in [2.45, 2.75) is 103 Å². The van der Waals surface area contributed by atoms with E-state index in [0.717, 1.165) is 5.56 Å². The predicted octanol–water partition coefficient (Wildman–Crippen LogP) is 0.638. The van der Waals surface area contributed by atoms with Crippen molar-refractivity contribution in [3.63, 3.8) is 0 Å². The second-order valence-electron chi connectivity index (χ2n) is 12.6. The van der Waals surface area contributed by atoms with Gasteiger partial charge in [-0.3, -0.25) is 28.8 Å². The van der Waals surface area contributed by atoms with Gasteiger partial charge in [0, 0.05) is 46.8 Å². The van der Waals surface area contributed by atoms with E-state index in [9.17, 15) is 38.7 Å². The summed E-state index contributed by atoms with van der Waals surface area (Å²) in [6.07, 6.45) is 1.74. The molecule has 0 saturated carbocycles. The van der Waals surface area contributed by atoms with Gasteiger partial charge in [-0.2, -0.15) is 0 Å². The van der Waals surface area contributed by atoms with Crippen molar-refractivity contribution in [2.24, 2.45) is 5.92 Å². The lowest BCUT2D eigenvalue weighted by atomic mass is 9.87. The summed E-state index contributed by atoms with van der Waals surface area (Å²) in [6.45, 7) is 8.23. The lowest BCUT2D eigenvalue weighted by molar-refractivity contribution is -0.152. The van der Waals surface area contributed by atoms with E-state index in [2.05, 4.69) is 26.6 Å². The molecule has 0 unspecified atom stereocenters. The van der Waals surface area contributed by atoms with E-state index in [1.807, 2.05) is 44.2 Å². The minimum atomic E-state index is -1.49. The number of carboxylic acids is 1. The van der Waals surface area contributed by atoms with Crippen LogP contribution in [0.25, 0.3) is 0 Å². The Morgan fingerprint density at radius 2 is 1.38 bits per heavy atom. The van der Waals surface area contributed by atoms with Crippen LogP contribution in [0.5, 0.6) is 0 Å². The Kier molecular flexibility index (Phi) is 15.3. The first-order valence-electron chi connectivity index (χ1n) is 16.1. The largest absolute Gasteiger partial charge is 0.480 e. The highest BCUT2D eigenvalue weighted by Gasteiger charge is 2.44. The van der Waals surface area contributed by atoms with Crippen LogP contribution in [0.1, 0.15) is 78.7 Å². The summed E-state index contributed by atoms with van der Waals surface area (Å²) < 4.78 is 0. The molecule has 260 valence electrons. The van der Waals surface area contributed by atoms with Gasteiger partial charge in [-0.05, 0) is 50.0 Å². The van der Waals surface area contributed by atoms with Gasteiger partial charge in [0.1, 0.15) is 23.7 Å². The summed E-state index contributed by atoms with van der Waals surface area (Å²) >= 11 is 0. The van der Waals surface area contributed by atoms with Crippen LogP contribution in [-0.2, 0) is 40.0 Å². The predicted molar refractivity (Wildman–Crippen MR) is 174 cm³/mol. The normalized spacial score (nSPS) is 15.8. The molecule has 0 aliphatic carbocycles. The topological polar surface area (TPSA) is 203 Å². The van der Waals surface area contributed by atoms with Crippen LogP contribution in [0.15, 0.2) is 30.3 Å². The quantitative estimate of drug-likeness (QED) is 0.131. The van der Waals surface area contributed by atoms with E-state index in [1.165, 1.54) is 25.7 Å². The molecule has 1 fully saturated rings. The van der Waals surface area contributed by atoms with E-state index in [4.69, 9.17) is 0 Å². The number of piperidine rings is 1. The molecule has 6 N–H and O–H groups in total. The molecule has 3 atom stereocenters. The van der Waals surface area contributed by atoms with Gasteiger partial charge >= 0.3 is 5.97 Å². The molecule has 0 bridgehead atoms. The average Bonchev–Trinajstić information content (AvgIpc) is 2.99. The van der Waals surface area contributed by atoms with Crippen LogP contribution in [-0.4, -0.2) is 94.7 Å². The van der Waals surface area contributed by atoms with Crippen molar-refractivity contribution in [1.29, 1.82) is 0 Å². The SMILES string of the molecule is CC(=O)NCCCC[C@@H](NC(=O)[C@@H](CC(C)C)NC(=O)[C@@H](Cc1ccccc1)NC(C)=O)C(=O)N1CCC(NC(C)=O)(C(=O)O)CC1. The molecule has 14 heteroatoms. The number of amides is 6. The molecule has 0 spiro atoms. The number of nitrogens with one attached hydrogen (secondary N) is 5. The van der Waals surface area contributed by atoms with Gasteiger partial charge in [0.05, 0.1) is 0 Å². The number of nitrogens with zero attached hydrogens (tertiary/aromatic N) is 1. The fourth-order valence-corrected chi connectivity index (χ4v) is 5.61. The monoisotopic (exact) mass is 658 g/mol. The Balaban J connectivity index is 2.23. The Morgan fingerprint density at radius 3 is 1.91 bits per heavy atom. The van der Waals surface area contributed by atoms with Gasteiger partial charge in [-0.1, -0.05) is 44.2 Å². The molecular weight excluding hydrogens is 608 g/mol. The lowest BCUT2D eigenvalue weighted by Gasteiger charge is -2.40. The van der Waals surface area contributed by atoms with Crippen molar-refractivity contribution in [3.8, 4) is 0 Å². The van der Waals surface area contributed by atoms with E-state index in [1.54, 1.807) is 0 Å². The molecule has 14 nitrogen and oxygen atoms in total. The van der Waals surface area contributed by atoms with Gasteiger partial charge in [0.15, 0.2) is 0 Å². The fraction of sp³-hybridized carbons (Fsp3) is 0.606. The van der Waals surface area contributed by atoms with Crippen LogP contribution in [0, 0.1) is 5.92 Å². The Hall–Kier alpha value is -4.49. The van der Waals surface area contributed by atoms with Gasteiger partial charge in [-0.15, -0.1) is 0 Å². The first kappa shape index (κ1) is 38.7. The lowest BCUT2D eigenvalue weighted by Crippen LogP contribution is -2.62. The summed E-state index contributed by atoms with van der Waals surface area (Å²) in [6, 6.07) is 6.22. The highest BCUT2D eigenvalue weighted by atomic mass is 16.4. The van der Waals surface area contributed by atoms with E-state index in [0.29, 0.717) is 19.4 Å². The first-order chi connectivity index (χ1) is 22.1. The Labute approximate surface area is 276 Å². The maximum absolute atomic E-state index is 13.8. The average molecular weight is 659 g/mol. The molecule has 1 aromatic rings. The number of carbonyl (C=O) groups excluding carboxylic acids is 6. The summed E-state index contributed by atoms with van der Waals surface area (Å²) in [5.41, 5.74) is -0.667. The van der Waals surface area contributed by atoms with Gasteiger partial charge in [-0.25, -0.2) is 4.79 Å². The van der Waals surface area contributed by atoms with Gasteiger partial charge < -0.3 is 36.6 Å². The summed E-state index contributed by atoms with van der Waals surface area (Å²) in [5, 5.41) is 23.3. The van der Waals surface area contributed by atoms with Crippen LogP contribution >= 0.6 is 0 Å². The number of hydrogen-bond acceptors (Lipinski definition) is 7. The fourth-order valence-electron chi connectivity index (χ4n) is 5.61. The van der Waals surface area contributed by atoms with E-state index >= 15 is 0 Å².